The maximum absolute atomic E-state index is 12.7. The predicted molar refractivity (Wildman–Crippen MR) is 75.7 cm³/mol. The van der Waals surface area contributed by atoms with E-state index in [-0.39, 0.29) is 24.0 Å². The summed E-state index contributed by atoms with van der Waals surface area (Å²) in [6.45, 7) is 5.84. The zero-order valence-corrected chi connectivity index (χ0v) is 12.0. The molecule has 1 aromatic carbocycles. The van der Waals surface area contributed by atoms with Gasteiger partial charge in [-0.3, -0.25) is 4.79 Å². The van der Waals surface area contributed by atoms with Gasteiger partial charge >= 0.3 is 0 Å². The normalized spacial score (nSPS) is 29.5. The molecule has 0 N–H and O–H groups in total. The summed E-state index contributed by atoms with van der Waals surface area (Å²) in [5, 5.41) is 0. The Morgan fingerprint density at radius 2 is 2.05 bits per heavy atom. The molecule has 4 heteroatoms. The summed E-state index contributed by atoms with van der Waals surface area (Å²) in [7, 11) is 0. The number of hydrogen-bond acceptors (Lipinski definition) is 3. The van der Waals surface area contributed by atoms with Crippen LogP contribution in [0, 0.1) is 5.92 Å². The zero-order valence-electron chi connectivity index (χ0n) is 12.0. The van der Waals surface area contributed by atoms with Crippen molar-refractivity contribution in [2.45, 2.75) is 32.4 Å². The van der Waals surface area contributed by atoms with Gasteiger partial charge in [-0.1, -0.05) is 18.2 Å². The predicted octanol–water partition coefficient (Wildman–Crippen LogP) is 1.87. The maximum Gasteiger partial charge on any atom is 0.229 e. The average Bonchev–Trinajstić information content (AvgIpc) is 2.48. The van der Waals surface area contributed by atoms with Gasteiger partial charge in [0, 0.05) is 6.54 Å². The van der Waals surface area contributed by atoms with Crippen molar-refractivity contribution in [2.24, 2.45) is 5.92 Å². The summed E-state index contributed by atoms with van der Waals surface area (Å²) in [6.07, 6.45) is 0.889. The smallest absolute Gasteiger partial charge is 0.229 e. The SMILES string of the molecule is CC1CN(C(=O)C2COc3ccccc3C2)C(C)CO1. The minimum absolute atomic E-state index is 0.0716. The van der Waals surface area contributed by atoms with E-state index in [0.29, 0.717) is 19.8 Å². The van der Waals surface area contributed by atoms with E-state index in [2.05, 4.69) is 0 Å². The highest BCUT2D eigenvalue weighted by Gasteiger charge is 2.34. The summed E-state index contributed by atoms with van der Waals surface area (Å²) < 4.78 is 11.3. The Bertz CT molecular complexity index is 502. The molecule has 4 nitrogen and oxygen atoms in total. The summed E-state index contributed by atoms with van der Waals surface area (Å²) in [5.41, 5.74) is 1.13. The minimum Gasteiger partial charge on any atom is -0.492 e. The van der Waals surface area contributed by atoms with Crippen molar-refractivity contribution >= 4 is 5.91 Å². The van der Waals surface area contributed by atoms with Crippen LogP contribution < -0.4 is 4.74 Å². The lowest BCUT2D eigenvalue weighted by Gasteiger charge is -2.39. The van der Waals surface area contributed by atoms with E-state index in [1.807, 2.05) is 43.0 Å². The molecule has 1 saturated heterocycles. The quantitative estimate of drug-likeness (QED) is 0.785. The first-order valence-electron chi connectivity index (χ1n) is 7.28. The monoisotopic (exact) mass is 275 g/mol. The molecule has 2 aliphatic rings. The molecular weight excluding hydrogens is 254 g/mol. The standard InChI is InChI=1S/C16H21NO3/c1-11-9-19-12(2)8-17(11)16(18)14-7-13-5-3-4-6-15(13)20-10-14/h3-6,11-12,14H,7-10H2,1-2H3. The van der Waals surface area contributed by atoms with Crippen molar-refractivity contribution in [1.29, 1.82) is 0 Å². The zero-order chi connectivity index (χ0) is 14.1. The van der Waals surface area contributed by atoms with Gasteiger partial charge in [0.25, 0.3) is 0 Å². The number of benzene rings is 1. The maximum atomic E-state index is 12.7. The molecule has 1 aromatic rings. The van der Waals surface area contributed by atoms with E-state index in [9.17, 15) is 4.79 Å². The molecule has 3 rings (SSSR count). The number of ether oxygens (including phenoxy) is 2. The summed E-state index contributed by atoms with van der Waals surface area (Å²) >= 11 is 0. The van der Waals surface area contributed by atoms with Crippen molar-refractivity contribution in [3.8, 4) is 5.75 Å². The van der Waals surface area contributed by atoms with Crippen molar-refractivity contribution in [3.05, 3.63) is 29.8 Å². The Morgan fingerprint density at radius 1 is 1.25 bits per heavy atom. The number of carbonyl (C=O) groups is 1. The second kappa shape index (κ2) is 5.44. The topological polar surface area (TPSA) is 38.8 Å². The van der Waals surface area contributed by atoms with Crippen LogP contribution in [0.15, 0.2) is 24.3 Å². The highest BCUT2D eigenvalue weighted by atomic mass is 16.5. The van der Waals surface area contributed by atoms with E-state index < -0.39 is 0 Å². The molecule has 0 bridgehead atoms. The molecule has 20 heavy (non-hydrogen) atoms. The fourth-order valence-electron chi connectivity index (χ4n) is 2.93. The Labute approximate surface area is 119 Å². The molecule has 0 spiro atoms. The molecule has 1 amide bonds. The van der Waals surface area contributed by atoms with Crippen LogP contribution in [-0.4, -0.2) is 42.7 Å². The fourth-order valence-corrected chi connectivity index (χ4v) is 2.93. The largest absolute Gasteiger partial charge is 0.492 e. The molecule has 0 radical (unpaired) electrons. The molecule has 0 aliphatic carbocycles. The summed E-state index contributed by atoms with van der Waals surface area (Å²) in [5.74, 6) is 1.04. The second-order valence-corrected chi connectivity index (χ2v) is 5.80. The van der Waals surface area contributed by atoms with Crippen molar-refractivity contribution in [1.82, 2.24) is 4.90 Å². The van der Waals surface area contributed by atoms with Crippen molar-refractivity contribution in [2.75, 3.05) is 19.8 Å². The van der Waals surface area contributed by atoms with Crippen LogP contribution in [0.4, 0.5) is 0 Å². The van der Waals surface area contributed by atoms with Gasteiger partial charge in [0.05, 0.1) is 24.7 Å². The van der Waals surface area contributed by atoms with E-state index in [4.69, 9.17) is 9.47 Å². The van der Waals surface area contributed by atoms with Crippen molar-refractivity contribution in [3.63, 3.8) is 0 Å². The van der Waals surface area contributed by atoms with Crippen molar-refractivity contribution < 1.29 is 14.3 Å². The van der Waals surface area contributed by atoms with E-state index in [0.717, 1.165) is 17.7 Å². The van der Waals surface area contributed by atoms with Gasteiger partial charge in [-0.2, -0.15) is 0 Å². The van der Waals surface area contributed by atoms with Gasteiger partial charge < -0.3 is 14.4 Å². The van der Waals surface area contributed by atoms with Crippen LogP contribution in [0.1, 0.15) is 19.4 Å². The average molecular weight is 275 g/mol. The van der Waals surface area contributed by atoms with Gasteiger partial charge in [-0.15, -0.1) is 0 Å². The Kier molecular flexibility index (Phi) is 3.66. The van der Waals surface area contributed by atoms with E-state index >= 15 is 0 Å². The van der Waals surface area contributed by atoms with E-state index in [1.54, 1.807) is 0 Å². The summed E-state index contributed by atoms with van der Waals surface area (Å²) in [6, 6.07) is 8.12. The molecule has 0 aromatic heterocycles. The highest BCUT2D eigenvalue weighted by Crippen LogP contribution is 2.28. The Balaban J connectivity index is 1.72. The number of morpholine rings is 1. The number of carbonyl (C=O) groups excluding carboxylic acids is 1. The number of hydrogen-bond donors (Lipinski definition) is 0. The molecule has 3 atom stereocenters. The number of amides is 1. The van der Waals surface area contributed by atoms with Crippen LogP contribution >= 0.6 is 0 Å². The number of rotatable bonds is 1. The van der Waals surface area contributed by atoms with Crippen LogP contribution in [0.25, 0.3) is 0 Å². The molecule has 0 saturated carbocycles. The van der Waals surface area contributed by atoms with Crippen LogP contribution in [-0.2, 0) is 16.0 Å². The molecule has 2 aliphatic heterocycles. The van der Waals surface area contributed by atoms with Crippen LogP contribution in [0.5, 0.6) is 5.75 Å². The Morgan fingerprint density at radius 3 is 2.90 bits per heavy atom. The third kappa shape index (κ3) is 2.52. The van der Waals surface area contributed by atoms with Gasteiger partial charge in [0.2, 0.25) is 5.91 Å². The fraction of sp³-hybridized carbons (Fsp3) is 0.562. The third-order valence-corrected chi connectivity index (χ3v) is 4.12. The first kappa shape index (κ1) is 13.4. The first-order valence-corrected chi connectivity index (χ1v) is 7.28. The van der Waals surface area contributed by atoms with Crippen LogP contribution in [0.2, 0.25) is 0 Å². The third-order valence-electron chi connectivity index (χ3n) is 4.12. The highest BCUT2D eigenvalue weighted by molar-refractivity contribution is 5.80. The molecule has 1 fully saturated rings. The summed E-state index contributed by atoms with van der Waals surface area (Å²) in [4.78, 5) is 14.7. The molecular formula is C16H21NO3. The minimum atomic E-state index is -0.0716. The molecule has 2 heterocycles. The second-order valence-electron chi connectivity index (χ2n) is 5.80. The Hall–Kier alpha value is -1.55. The number of fused-ring (bicyclic) bond motifs is 1. The van der Waals surface area contributed by atoms with Gasteiger partial charge in [0.15, 0.2) is 0 Å². The van der Waals surface area contributed by atoms with Gasteiger partial charge in [0.1, 0.15) is 12.4 Å². The number of nitrogens with zero attached hydrogens (tertiary/aromatic N) is 1. The lowest BCUT2D eigenvalue weighted by atomic mass is 9.94. The number of para-hydroxylation sites is 1. The van der Waals surface area contributed by atoms with Crippen LogP contribution in [0.3, 0.4) is 0 Å². The van der Waals surface area contributed by atoms with Gasteiger partial charge in [-0.25, -0.2) is 0 Å². The molecule has 3 unspecified atom stereocenters. The lowest BCUT2D eigenvalue weighted by Crippen LogP contribution is -2.53. The first-order chi connectivity index (χ1) is 9.65. The molecule has 108 valence electrons. The van der Waals surface area contributed by atoms with E-state index in [1.165, 1.54) is 0 Å². The lowest BCUT2D eigenvalue weighted by molar-refractivity contribution is -0.148. The van der Waals surface area contributed by atoms with Gasteiger partial charge in [-0.05, 0) is 31.9 Å².